The summed E-state index contributed by atoms with van der Waals surface area (Å²) in [5.41, 5.74) is 0.281. The highest BCUT2D eigenvalue weighted by atomic mass is 35.5. The first-order chi connectivity index (χ1) is 10.4. The standard InChI is InChI=1S/C12H9ClF2N4O2S/c1-6-9(19(20)21)10(18-11(13)16-6)17-7-2-4-8(5-3-7)22-12(14)15/h2-5,12H,1H3,(H,16,17,18). The van der Waals surface area contributed by atoms with E-state index in [1.54, 1.807) is 0 Å². The van der Waals surface area contributed by atoms with Gasteiger partial charge in [-0.3, -0.25) is 10.1 Å². The van der Waals surface area contributed by atoms with Gasteiger partial charge in [-0.05, 0) is 42.8 Å². The fraction of sp³-hybridized carbons (Fsp3) is 0.167. The summed E-state index contributed by atoms with van der Waals surface area (Å²) < 4.78 is 24.5. The normalized spacial score (nSPS) is 10.8. The highest BCUT2D eigenvalue weighted by molar-refractivity contribution is 7.99. The van der Waals surface area contributed by atoms with Crippen molar-refractivity contribution in [1.82, 2.24) is 9.97 Å². The fourth-order valence-corrected chi connectivity index (χ4v) is 2.41. The number of nitrogens with one attached hydrogen (secondary N) is 1. The monoisotopic (exact) mass is 346 g/mol. The molecule has 0 amide bonds. The van der Waals surface area contributed by atoms with Gasteiger partial charge in [0.05, 0.1) is 4.92 Å². The predicted molar refractivity (Wildman–Crippen MR) is 80.0 cm³/mol. The molecule has 0 unspecified atom stereocenters. The summed E-state index contributed by atoms with van der Waals surface area (Å²) in [4.78, 5) is 18.4. The second-order valence-corrected chi connectivity index (χ2v) is 5.46. The van der Waals surface area contributed by atoms with Gasteiger partial charge in [0, 0.05) is 10.6 Å². The van der Waals surface area contributed by atoms with Crippen LogP contribution in [0.2, 0.25) is 5.28 Å². The SMILES string of the molecule is Cc1nc(Cl)nc(Nc2ccc(SC(F)F)cc2)c1[N+](=O)[O-]. The van der Waals surface area contributed by atoms with Crippen molar-refractivity contribution >= 4 is 40.6 Å². The zero-order valence-electron chi connectivity index (χ0n) is 11.1. The molecule has 0 spiro atoms. The second kappa shape index (κ2) is 6.84. The Bertz CT molecular complexity index is 700. The zero-order chi connectivity index (χ0) is 16.3. The van der Waals surface area contributed by atoms with Crippen molar-refractivity contribution in [2.75, 3.05) is 5.32 Å². The van der Waals surface area contributed by atoms with Crippen LogP contribution in [0, 0.1) is 17.0 Å². The molecule has 0 aliphatic rings. The van der Waals surface area contributed by atoms with Gasteiger partial charge in [-0.2, -0.15) is 13.8 Å². The molecule has 1 aromatic carbocycles. The molecule has 0 radical (unpaired) electrons. The number of halogens is 3. The van der Waals surface area contributed by atoms with Crippen LogP contribution in [0.15, 0.2) is 29.2 Å². The lowest BCUT2D eigenvalue weighted by Crippen LogP contribution is -2.04. The molecule has 0 bridgehead atoms. The number of hydrogen-bond acceptors (Lipinski definition) is 6. The molecule has 6 nitrogen and oxygen atoms in total. The maximum Gasteiger partial charge on any atom is 0.332 e. The van der Waals surface area contributed by atoms with Gasteiger partial charge < -0.3 is 5.32 Å². The number of rotatable bonds is 5. The van der Waals surface area contributed by atoms with Crippen LogP contribution in [0.5, 0.6) is 0 Å². The average Bonchev–Trinajstić information content (AvgIpc) is 2.39. The van der Waals surface area contributed by atoms with Gasteiger partial charge in [-0.25, -0.2) is 4.98 Å². The quantitative estimate of drug-likeness (QED) is 0.374. The maximum absolute atomic E-state index is 12.2. The minimum atomic E-state index is -2.51. The van der Waals surface area contributed by atoms with Crippen LogP contribution < -0.4 is 5.32 Å². The highest BCUT2D eigenvalue weighted by Crippen LogP contribution is 2.31. The molecule has 0 aliphatic heterocycles. The first-order valence-corrected chi connectivity index (χ1v) is 7.13. The fourth-order valence-electron chi connectivity index (χ4n) is 1.70. The summed E-state index contributed by atoms with van der Waals surface area (Å²) in [7, 11) is 0. The summed E-state index contributed by atoms with van der Waals surface area (Å²) in [5, 5.41) is 13.7. The number of anilines is 2. The van der Waals surface area contributed by atoms with E-state index in [2.05, 4.69) is 15.3 Å². The summed E-state index contributed by atoms with van der Waals surface area (Å²) >= 11 is 6.11. The van der Waals surface area contributed by atoms with Crippen molar-refractivity contribution in [3.05, 3.63) is 45.4 Å². The lowest BCUT2D eigenvalue weighted by atomic mass is 10.3. The minimum Gasteiger partial charge on any atom is -0.334 e. The minimum absolute atomic E-state index is 0.0586. The molecule has 0 saturated heterocycles. The smallest absolute Gasteiger partial charge is 0.332 e. The van der Waals surface area contributed by atoms with Crippen LogP contribution in [0.4, 0.5) is 26.0 Å². The molecular weight excluding hydrogens is 338 g/mol. The van der Waals surface area contributed by atoms with E-state index in [9.17, 15) is 18.9 Å². The Balaban J connectivity index is 2.29. The number of hydrogen-bond donors (Lipinski definition) is 1. The number of nitrogens with zero attached hydrogens (tertiary/aromatic N) is 3. The summed E-state index contributed by atoms with van der Waals surface area (Å²) in [6.45, 7) is 1.44. The third-order valence-electron chi connectivity index (χ3n) is 2.56. The van der Waals surface area contributed by atoms with Crippen LogP contribution in [0.3, 0.4) is 0 Å². The topological polar surface area (TPSA) is 81.0 Å². The molecule has 2 aromatic rings. The average molecular weight is 347 g/mol. The maximum atomic E-state index is 12.2. The predicted octanol–water partition coefficient (Wildman–Crippen LogP) is 4.40. The molecule has 2 rings (SSSR count). The number of benzene rings is 1. The molecular formula is C12H9ClF2N4O2S. The molecule has 10 heteroatoms. The summed E-state index contributed by atoms with van der Waals surface area (Å²) in [6.07, 6.45) is 0. The molecule has 0 aliphatic carbocycles. The van der Waals surface area contributed by atoms with Gasteiger partial charge in [-0.1, -0.05) is 11.8 Å². The van der Waals surface area contributed by atoms with E-state index in [-0.39, 0.29) is 22.5 Å². The third kappa shape index (κ3) is 4.01. The number of alkyl halides is 2. The number of aryl methyl sites for hydroxylation is 1. The van der Waals surface area contributed by atoms with Gasteiger partial charge >= 0.3 is 5.69 Å². The molecule has 1 aromatic heterocycles. The molecule has 22 heavy (non-hydrogen) atoms. The Hall–Kier alpha value is -2.00. The Kier molecular flexibility index (Phi) is 5.09. The summed E-state index contributed by atoms with van der Waals surface area (Å²) in [6, 6.07) is 5.97. The number of thioether (sulfide) groups is 1. The van der Waals surface area contributed by atoms with E-state index in [0.717, 1.165) is 0 Å². The van der Waals surface area contributed by atoms with Crippen LogP contribution in [-0.4, -0.2) is 20.6 Å². The third-order valence-corrected chi connectivity index (χ3v) is 3.45. The van der Waals surface area contributed by atoms with Crippen molar-refractivity contribution in [2.24, 2.45) is 0 Å². The van der Waals surface area contributed by atoms with Gasteiger partial charge in [0.2, 0.25) is 11.1 Å². The van der Waals surface area contributed by atoms with Crippen LogP contribution in [0.1, 0.15) is 5.69 Å². The van der Waals surface area contributed by atoms with Crippen molar-refractivity contribution < 1.29 is 13.7 Å². The van der Waals surface area contributed by atoms with Gasteiger partial charge in [0.15, 0.2) is 0 Å². The zero-order valence-corrected chi connectivity index (χ0v) is 12.7. The first kappa shape index (κ1) is 16.4. The Morgan fingerprint density at radius 3 is 2.50 bits per heavy atom. The number of nitro groups is 1. The van der Waals surface area contributed by atoms with Gasteiger partial charge in [0.25, 0.3) is 5.76 Å². The van der Waals surface area contributed by atoms with Gasteiger partial charge in [0.1, 0.15) is 5.69 Å². The second-order valence-electron chi connectivity index (χ2n) is 4.06. The van der Waals surface area contributed by atoms with E-state index in [1.165, 1.54) is 31.2 Å². The van der Waals surface area contributed by atoms with E-state index < -0.39 is 10.7 Å². The van der Waals surface area contributed by atoms with E-state index >= 15 is 0 Å². The Morgan fingerprint density at radius 1 is 1.32 bits per heavy atom. The highest BCUT2D eigenvalue weighted by Gasteiger charge is 2.21. The lowest BCUT2D eigenvalue weighted by Gasteiger charge is -2.08. The van der Waals surface area contributed by atoms with Crippen LogP contribution in [-0.2, 0) is 0 Å². The number of aromatic nitrogens is 2. The Morgan fingerprint density at radius 2 is 1.95 bits per heavy atom. The molecule has 1 heterocycles. The van der Waals surface area contributed by atoms with Crippen LogP contribution in [0.25, 0.3) is 0 Å². The van der Waals surface area contributed by atoms with Crippen molar-refractivity contribution in [2.45, 2.75) is 17.6 Å². The molecule has 1 N–H and O–H groups in total. The van der Waals surface area contributed by atoms with E-state index in [0.29, 0.717) is 22.3 Å². The largest absolute Gasteiger partial charge is 0.334 e. The first-order valence-electron chi connectivity index (χ1n) is 5.87. The van der Waals surface area contributed by atoms with Crippen molar-refractivity contribution in [3.8, 4) is 0 Å². The van der Waals surface area contributed by atoms with Gasteiger partial charge in [-0.15, -0.1) is 0 Å². The van der Waals surface area contributed by atoms with E-state index in [1.807, 2.05) is 0 Å². The Labute approximate surface area is 133 Å². The van der Waals surface area contributed by atoms with Crippen molar-refractivity contribution in [3.63, 3.8) is 0 Å². The van der Waals surface area contributed by atoms with E-state index in [4.69, 9.17) is 11.6 Å². The molecule has 0 fully saturated rings. The molecule has 116 valence electrons. The summed E-state index contributed by atoms with van der Waals surface area (Å²) in [5.74, 6) is -2.57. The molecule has 0 saturated carbocycles. The lowest BCUT2D eigenvalue weighted by molar-refractivity contribution is -0.385. The molecule has 0 atom stereocenters. The van der Waals surface area contributed by atoms with Crippen LogP contribution >= 0.6 is 23.4 Å². The van der Waals surface area contributed by atoms with Crippen molar-refractivity contribution in [1.29, 1.82) is 0 Å².